The second-order valence-electron chi connectivity index (χ2n) is 5.05. The number of unbranched alkanes of at least 4 members (excludes halogenated alkanes) is 6. The molecule has 0 heteroatoms. The summed E-state index contributed by atoms with van der Waals surface area (Å²) in [5, 5.41) is 0. The molecule has 0 aliphatic carbocycles. The molecule has 0 heterocycles. The van der Waals surface area contributed by atoms with Gasteiger partial charge in [-0.1, -0.05) is 81.5 Å². The zero-order chi connectivity index (χ0) is 12.9. The Morgan fingerprint density at radius 2 is 1.44 bits per heavy atom. The highest BCUT2D eigenvalue weighted by atomic mass is 14.0. The third-order valence-corrected chi connectivity index (χ3v) is 3.33. The van der Waals surface area contributed by atoms with Gasteiger partial charge in [0.15, 0.2) is 0 Å². The Morgan fingerprint density at radius 1 is 0.778 bits per heavy atom. The van der Waals surface area contributed by atoms with Gasteiger partial charge in [-0.3, -0.25) is 0 Å². The summed E-state index contributed by atoms with van der Waals surface area (Å²) >= 11 is 0. The number of rotatable bonds is 10. The number of hydrogen-bond acceptors (Lipinski definition) is 0. The van der Waals surface area contributed by atoms with E-state index in [4.69, 9.17) is 0 Å². The van der Waals surface area contributed by atoms with Crippen molar-refractivity contribution in [1.82, 2.24) is 0 Å². The van der Waals surface area contributed by atoms with Crippen molar-refractivity contribution in [1.29, 1.82) is 0 Å². The molecule has 0 aliphatic heterocycles. The van der Waals surface area contributed by atoms with Crippen molar-refractivity contribution in [3.05, 3.63) is 48.0 Å². The molecule has 100 valence electrons. The maximum atomic E-state index is 2.36. The first-order valence-electron chi connectivity index (χ1n) is 7.62. The first-order valence-corrected chi connectivity index (χ1v) is 7.62. The van der Waals surface area contributed by atoms with Crippen LogP contribution >= 0.6 is 0 Å². The van der Waals surface area contributed by atoms with Crippen LogP contribution in [-0.2, 0) is 6.42 Å². The van der Waals surface area contributed by atoms with E-state index >= 15 is 0 Å². The average Bonchev–Trinajstić information content (AvgIpc) is 2.42. The molecule has 0 aliphatic rings. The maximum Gasteiger partial charge on any atom is -0.0244 e. The Kier molecular flexibility index (Phi) is 9.24. The fourth-order valence-corrected chi connectivity index (χ4v) is 2.17. The molecule has 0 aromatic heterocycles. The van der Waals surface area contributed by atoms with E-state index in [1.165, 1.54) is 63.4 Å². The van der Waals surface area contributed by atoms with Crippen LogP contribution in [0.3, 0.4) is 0 Å². The Labute approximate surface area is 113 Å². The minimum atomic E-state index is 1.17. The fraction of sp³-hybridized carbons (Fsp3) is 0.556. The lowest BCUT2D eigenvalue weighted by Gasteiger charge is -1.98. The number of hydrogen-bond donors (Lipinski definition) is 0. The van der Waals surface area contributed by atoms with Crippen molar-refractivity contribution in [3.8, 4) is 0 Å². The predicted molar refractivity (Wildman–Crippen MR) is 81.9 cm³/mol. The van der Waals surface area contributed by atoms with E-state index in [-0.39, 0.29) is 0 Å². The summed E-state index contributed by atoms with van der Waals surface area (Å²) in [6.07, 6.45) is 16.7. The summed E-state index contributed by atoms with van der Waals surface area (Å²) in [6, 6.07) is 10.7. The second kappa shape index (κ2) is 11.1. The molecule has 1 aromatic rings. The standard InChI is InChI=1S/C18H28/c1-2-3-4-5-6-7-8-9-10-12-15-18-16-13-11-14-17-18/h9-11,13-14,16-17H,2-8,12,15H2,1H3. The van der Waals surface area contributed by atoms with Crippen LogP contribution in [0, 0.1) is 0 Å². The van der Waals surface area contributed by atoms with Gasteiger partial charge in [-0.2, -0.15) is 0 Å². The molecule has 0 nitrogen and oxygen atoms in total. The molecule has 0 saturated carbocycles. The Bertz CT molecular complexity index is 297. The van der Waals surface area contributed by atoms with E-state index in [0.29, 0.717) is 0 Å². The van der Waals surface area contributed by atoms with E-state index in [2.05, 4.69) is 49.4 Å². The van der Waals surface area contributed by atoms with Crippen LogP contribution in [0.1, 0.15) is 63.9 Å². The number of allylic oxidation sites excluding steroid dienone is 2. The zero-order valence-electron chi connectivity index (χ0n) is 11.9. The SMILES string of the molecule is CCCCCCCCC=CCCc1ccccc1. The van der Waals surface area contributed by atoms with Crippen LogP contribution in [0.5, 0.6) is 0 Å². The molecule has 0 fully saturated rings. The molecule has 0 radical (unpaired) electrons. The highest BCUT2D eigenvalue weighted by Gasteiger charge is 1.89. The van der Waals surface area contributed by atoms with Crippen LogP contribution in [0.15, 0.2) is 42.5 Å². The molecule has 18 heavy (non-hydrogen) atoms. The van der Waals surface area contributed by atoms with E-state index in [1.54, 1.807) is 0 Å². The number of benzene rings is 1. The summed E-state index contributed by atoms with van der Waals surface area (Å²) in [5.41, 5.74) is 1.45. The molecule has 0 spiro atoms. The van der Waals surface area contributed by atoms with Crippen LogP contribution in [0.25, 0.3) is 0 Å². The molecule has 0 saturated heterocycles. The van der Waals surface area contributed by atoms with Crippen LogP contribution < -0.4 is 0 Å². The van der Waals surface area contributed by atoms with Gasteiger partial charge in [0.25, 0.3) is 0 Å². The second-order valence-corrected chi connectivity index (χ2v) is 5.05. The zero-order valence-corrected chi connectivity index (χ0v) is 11.9. The van der Waals surface area contributed by atoms with Gasteiger partial charge in [0.1, 0.15) is 0 Å². The summed E-state index contributed by atoms with van der Waals surface area (Å²) in [7, 11) is 0. The molecule has 1 rings (SSSR count). The van der Waals surface area contributed by atoms with Crippen LogP contribution in [0.4, 0.5) is 0 Å². The Hall–Kier alpha value is -1.04. The van der Waals surface area contributed by atoms with E-state index < -0.39 is 0 Å². The third-order valence-electron chi connectivity index (χ3n) is 3.33. The van der Waals surface area contributed by atoms with Gasteiger partial charge in [0, 0.05) is 0 Å². The molecule has 0 N–H and O–H groups in total. The van der Waals surface area contributed by atoms with Gasteiger partial charge in [-0.15, -0.1) is 0 Å². The van der Waals surface area contributed by atoms with Crippen molar-refractivity contribution < 1.29 is 0 Å². The summed E-state index contributed by atoms with van der Waals surface area (Å²) in [4.78, 5) is 0. The van der Waals surface area contributed by atoms with Crippen LogP contribution in [0.2, 0.25) is 0 Å². The Balaban J connectivity index is 1.92. The van der Waals surface area contributed by atoms with Gasteiger partial charge >= 0.3 is 0 Å². The smallest absolute Gasteiger partial charge is 0.0244 e. The van der Waals surface area contributed by atoms with Crippen molar-refractivity contribution >= 4 is 0 Å². The summed E-state index contributed by atoms with van der Waals surface area (Å²) in [6.45, 7) is 2.27. The minimum absolute atomic E-state index is 1.17. The normalized spacial score (nSPS) is 11.2. The van der Waals surface area contributed by atoms with Crippen LogP contribution in [-0.4, -0.2) is 0 Å². The number of aryl methyl sites for hydroxylation is 1. The lowest BCUT2D eigenvalue weighted by atomic mass is 10.1. The predicted octanol–water partition coefficient (Wildman–Crippen LogP) is 5.93. The molecular formula is C18H28. The lowest BCUT2D eigenvalue weighted by Crippen LogP contribution is -1.81. The highest BCUT2D eigenvalue weighted by Crippen LogP contribution is 2.08. The van der Waals surface area contributed by atoms with Crippen molar-refractivity contribution in [2.24, 2.45) is 0 Å². The third kappa shape index (κ3) is 8.11. The molecular weight excluding hydrogens is 216 g/mol. The Morgan fingerprint density at radius 3 is 2.22 bits per heavy atom. The molecule has 0 bridgehead atoms. The monoisotopic (exact) mass is 244 g/mol. The quantitative estimate of drug-likeness (QED) is 0.353. The molecule has 0 atom stereocenters. The van der Waals surface area contributed by atoms with Gasteiger partial charge in [0.2, 0.25) is 0 Å². The van der Waals surface area contributed by atoms with Gasteiger partial charge < -0.3 is 0 Å². The van der Waals surface area contributed by atoms with Gasteiger partial charge in [-0.25, -0.2) is 0 Å². The van der Waals surface area contributed by atoms with Gasteiger partial charge in [-0.05, 0) is 31.2 Å². The maximum absolute atomic E-state index is 2.36. The van der Waals surface area contributed by atoms with E-state index in [0.717, 1.165) is 0 Å². The summed E-state index contributed by atoms with van der Waals surface area (Å²) in [5.74, 6) is 0. The first-order chi connectivity index (χ1) is 8.93. The average molecular weight is 244 g/mol. The highest BCUT2D eigenvalue weighted by molar-refractivity contribution is 5.15. The van der Waals surface area contributed by atoms with E-state index in [1.807, 2.05) is 0 Å². The van der Waals surface area contributed by atoms with E-state index in [9.17, 15) is 0 Å². The molecule has 1 aromatic carbocycles. The topological polar surface area (TPSA) is 0 Å². The largest absolute Gasteiger partial charge is 0.0885 e. The summed E-state index contributed by atoms with van der Waals surface area (Å²) < 4.78 is 0. The first kappa shape index (κ1) is 15.0. The fourth-order valence-electron chi connectivity index (χ4n) is 2.17. The van der Waals surface area contributed by atoms with Crippen molar-refractivity contribution in [3.63, 3.8) is 0 Å². The van der Waals surface area contributed by atoms with Crippen molar-refractivity contribution in [2.75, 3.05) is 0 Å². The van der Waals surface area contributed by atoms with Crippen molar-refractivity contribution in [2.45, 2.75) is 64.7 Å². The molecule has 0 amide bonds. The lowest BCUT2D eigenvalue weighted by molar-refractivity contribution is 0.611. The van der Waals surface area contributed by atoms with Gasteiger partial charge in [0.05, 0.1) is 0 Å². The minimum Gasteiger partial charge on any atom is -0.0885 e. The molecule has 0 unspecified atom stereocenters.